The minimum atomic E-state index is -4.77. The third-order valence-corrected chi connectivity index (χ3v) is 13.9. The summed E-state index contributed by atoms with van der Waals surface area (Å²) in [6, 6.07) is 0. The third-order valence-electron chi connectivity index (χ3n) is 13.0. The summed E-state index contributed by atoms with van der Waals surface area (Å²) in [4.78, 5) is 48.7. The zero-order chi connectivity index (χ0) is 56.9. The van der Waals surface area contributed by atoms with E-state index >= 15 is 0 Å². The van der Waals surface area contributed by atoms with Crippen LogP contribution in [0.15, 0.2) is 97.2 Å². The zero-order valence-electron chi connectivity index (χ0n) is 49.6. The quantitative estimate of drug-likeness (QED) is 0.0197. The summed E-state index contributed by atoms with van der Waals surface area (Å²) in [6.45, 7) is 4.44. The Morgan fingerprint density at radius 3 is 1.12 bits per heavy atom. The summed E-state index contributed by atoms with van der Waals surface area (Å²) in [7, 11) is -4.77. The topological polar surface area (TPSA) is 155 Å². The summed E-state index contributed by atoms with van der Waals surface area (Å²) in [6.07, 6.45) is 70.8. The number of rotatable bonds is 57. The number of aliphatic hydroxyl groups excluding tert-OH is 1. The molecule has 2 N–H and O–H groups in total. The van der Waals surface area contributed by atoms with Crippen molar-refractivity contribution in [2.45, 2.75) is 277 Å². The molecule has 0 spiro atoms. The van der Waals surface area contributed by atoms with Crippen molar-refractivity contribution in [1.29, 1.82) is 0 Å². The van der Waals surface area contributed by atoms with Crippen LogP contribution in [0.5, 0.6) is 0 Å². The summed E-state index contributed by atoms with van der Waals surface area (Å²) in [5.41, 5.74) is 0. The molecule has 0 bridgehead atoms. The molecular weight excluding hydrogens is 1000 g/mol. The van der Waals surface area contributed by atoms with Crippen molar-refractivity contribution in [2.75, 3.05) is 26.4 Å². The maximum Gasteiger partial charge on any atom is 0.472 e. The predicted octanol–water partition coefficient (Wildman–Crippen LogP) is 18.8. The average molecular weight is 1110 g/mol. The molecule has 0 saturated carbocycles. The first-order chi connectivity index (χ1) is 38.2. The molecule has 0 rings (SSSR count). The fourth-order valence-electron chi connectivity index (χ4n) is 8.24. The summed E-state index contributed by atoms with van der Waals surface area (Å²) < 4.78 is 39.6. The fraction of sp³-hybridized carbons (Fsp3) is 0.712. The van der Waals surface area contributed by atoms with Gasteiger partial charge in [0.25, 0.3) is 0 Å². The Morgan fingerprint density at radius 1 is 0.372 bits per heavy atom. The van der Waals surface area contributed by atoms with Crippen LogP contribution in [0, 0.1) is 0 Å². The maximum absolute atomic E-state index is 12.9. The van der Waals surface area contributed by atoms with Gasteiger partial charge in [0.1, 0.15) is 12.7 Å². The second kappa shape index (κ2) is 59.5. The van der Waals surface area contributed by atoms with Crippen LogP contribution in [0.3, 0.4) is 0 Å². The lowest BCUT2D eigenvalue weighted by Crippen LogP contribution is -2.30. The normalized spacial score (nSPS) is 14.0. The fourth-order valence-corrected chi connectivity index (χ4v) is 9.02. The number of carbonyl (C=O) groups excluding carboxylic acids is 3. The van der Waals surface area contributed by atoms with Crippen molar-refractivity contribution in [1.82, 2.24) is 0 Å². The molecular formula is C66H113O11P. The SMILES string of the molecule is CC/C=C\C/C=C\C/C=C\C/C=C\C/C=C\CCCC(=O)OC(COC(=O)CCCCCCCCC/C=C\C/C=C\CCCCC)COP(=O)(O)OCC(CO)OC(=O)CCCCCCCCC/C=C\CCCCCCCC. The van der Waals surface area contributed by atoms with Crippen LogP contribution < -0.4 is 0 Å². The highest BCUT2D eigenvalue weighted by Gasteiger charge is 2.28. The molecule has 11 nitrogen and oxygen atoms in total. The van der Waals surface area contributed by atoms with E-state index in [1.54, 1.807) is 0 Å². The van der Waals surface area contributed by atoms with Crippen molar-refractivity contribution in [3.8, 4) is 0 Å². The number of phosphoric acid groups is 1. The van der Waals surface area contributed by atoms with Gasteiger partial charge in [0.05, 0.1) is 19.8 Å². The number of hydrogen-bond donors (Lipinski definition) is 2. The van der Waals surface area contributed by atoms with Gasteiger partial charge < -0.3 is 24.2 Å². The Hall–Kier alpha value is -3.60. The van der Waals surface area contributed by atoms with Gasteiger partial charge in [0.15, 0.2) is 6.10 Å². The summed E-state index contributed by atoms with van der Waals surface area (Å²) in [5.74, 6) is -1.55. The minimum Gasteiger partial charge on any atom is -0.462 e. The van der Waals surface area contributed by atoms with Gasteiger partial charge in [-0.05, 0) is 116 Å². The molecule has 0 saturated heterocycles. The van der Waals surface area contributed by atoms with Gasteiger partial charge in [0.2, 0.25) is 0 Å². The lowest BCUT2D eigenvalue weighted by molar-refractivity contribution is -0.161. The van der Waals surface area contributed by atoms with Crippen LogP contribution in [0.1, 0.15) is 265 Å². The Balaban J connectivity index is 4.79. The number of hydrogen-bond acceptors (Lipinski definition) is 10. The van der Waals surface area contributed by atoms with Crippen molar-refractivity contribution in [3.05, 3.63) is 97.2 Å². The molecule has 0 aliphatic carbocycles. The molecule has 12 heteroatoms. The first-order valence-electron chi connectivity index (χ1n) is 31.1. The van der Waals surface area contributed by atoms with Gasteiger partial charge in [-0.3, -0.25) is 23.4 Å². The van der Waals surface area contributed by atoms with Crippen molar-refractivity contribution >= 4 is 25.7 Å². The first kappa shape index (κ1) is 74.4. The van der Waals surface area contributed by atoms with Crippen LogP contribution in [0.4, 0.5) is 0 Å². The zero-order valence-corrected chi connectivity index (χ0v) is 50.5. The van der Waals surface area contributed by atoms with Gasteiger partial charge in [-0.2, -0.15) is 0 Å². The highest BCUT2D eigenvalue weighted by atomic mass is 31.2. The number of allylic oxidation sites excluding steroid dienone is 16. The Labute approximate surface area is 476 Å². The van der Waals surface area contributed by atoms with Gasteiger partial charge in [-0.25, -0.2) is 4.57 Å². The molecule has 0 radical (unpaired) electrons. The van der Waals surface area contributed by atoms with E-state index in [1.807, 2.05) is 12.2 Å². The van der Waals surface area contributed by atoms with Crippen LogP contribution in [0.2, 0.25) is 0 Å². The van der Waals surface area contributed by atoms with Gasteiger partial charge in [-0.1, -0.05) is 227 Å². The molecule has 0 aromatic heterocycles. The number of phosphoric ester groups is 1. The van der Waals surface area contributed by atoms with Crippen LogP contribution in [0.25, 0.3) is 0 Å². The molecule has 0 aliphatic heterocycles. The van der Waals surface area contributed by atoms with Gasteiger partial charge >= 0.3 is 25.7 Å². The van der Waals surface area contributed by atoms with E-state index in [4.69, 9.17) is 23.3 Å². The average Bonchev–Trinajstić information content (AvgIpc) is 3.43. The Morgan fingerprint density at radius 2 is 0.679 bits per heavy atom. The first-order valence-corrected chi connectivity index (χ1v) is 32.6. The lowest BCUT2D eigenvalue weighted by atomic mass is 10.1. The number of unbranched alkanes of at least 4 members (excludes halogenated alkanes) is 24. The van der Waals surface area contributed by atoms with E-state index < -0.39 is 57.8 Å². The molecule has 0 heterocycles. The molecule has 3 atom stereocenters. The Bertz CT molecular complexity index is 1680. The highest BCUT2D eigenvalue weighted by molar-refractivity contribution is 7.47. The Kier molecular flexibility index (Phi) is 56.8. The maximum atomic E-state index is 12.9. The van der Waals surface area contributed by atoms with Crippen molar-refractivity contribution < 1.29 is 52.2 Å². The predicted molar refractivity (Wildman–Crippen MR) is 325 cm³/mol. The van der Waals surface area contributed by atoms with Crippen LogP contribution in [-0.2, 0) is 42.2 Å². The van der Waals surface area contributed by atoms with E-state index in [1.165, 1.54) is 103 Å². The molecule has 0 fully saturated rings. The monoisotopic (exact) mass is 1110 g/mol. The highest BCUT2D eigenvalue weighted by Crippen LogP contribution is 2.43. The van der Waals surface area contributed by atoms with Gasteiger partial charge in [0, 0.05) is 19.3 Å². The number of carbonyl (C=O) groups is 3. The largest absolute Gasteiger partial charge is 0.472 e. The van der Waals surface area contributed by atoms with E-state index in [-0.39, 0.29) is 25.9 Å². The third kappa shape index (κ3) is 57.1. The standard InChI is InChI=1S/C66H113O11P/c1-4-7-10-13-16-19-22-25-28-31-34-37-40-43-46-49-52-55-64(68)73-59-63(77-66(70)57-54-51-48-45-42-39-36-33-30-27-24-21-18-15-12-9-6-3)61-75-78(71,72)74-60-62(58-67)76-65(69)56-53-50-47-44-41-38-35-32-29-26-23-20-17-14-11-8-5-2/h9,12,16,18-19,21,25-30,36,39,45,48,62-63,67H,4-8,10-11,13-15,17,20,22-24,31-35,37-38,40-44,46-47,49-61H2,1-3H3,(H,71,72)/b12-9-,19-16-,21-18-,28-25-,29-26-,30-27-,39-36-,48-45-. The second-order valence-corrected chi connectivity index (χ2v) is 21.9. The summed E-state index contributed by atoms with van der Waals surface area (Å²) >= 11 is 0. The molecule has 3 unspecified atom stereocenters. The van der Waals surface area contributed by atoms with E-state index in [2.05, 4.69) is 106 Å². The summed E-state index contributed by atoms with van der Waals surface area (Å²) in [5, 5.41) is 9.84. The molecule has 0 aliphatic rings. The van der Waals surface area contributed by atoms with Crippen LogP contribution >= 0.6 is 7.82 Å². The number of ether oxygens (including phenoxy) is 3. The molecule has 448 valence electrons. The van der Waals surface area contributed by atoms with Crippen molar-refractivity contribution in [2.24, 2.45) is 0 Å². The van der Waals surface area contributed by atoms with E-state index in [9.17, 15) is 28.9 Å². The number of esters is 3. The van der Waals surface area contributed by atoms with Crippen LogP contribution in [-0.4, -0.2) is 66.5 Å². The molecule has 0 amide bonds. The molecule has 0 aromatic rings. The van der Waals surface area contributed by atoms with Gasteiger partial charge in [-0.15, -0.1) is 0 Å². The van der Waals surface area contributed by atoms with E-state index in [0.717, 1.165) is 96.3 Å². The lowest BCUT2D eigenvalue weighted by Gasteiger charge is -2.21. The second-order valence-electron chi connectivity index (χ2n) is 20.5. The van der Waals surface area contributed by atoms with E-state index in [0.29, 0.717) is 25.7 Å². The molecule has 78 heavy (non-hydrogen) atoms. The minimum absolute atomic E-state index is 0.0840. The molecule has 0 aromatic carbocycles. The number of aliphatic hydroxyl groups is 1. The van der Waals surface area contributed by atoms with Crippen molar-refractivity contribution in [3.63, 3.8) is 0 Å². The smallest absolute Gasteiger partial charge is 0.462 e.